The molecule has 5 nitrogen and oxygen atoms in total. The Balaban J connectivity index is 2.53. The average molecular weight is 304 g/mol. The van der Waals surface area contributed by atoms with Crippen molar-refractivity contribution in [1.82, 2.24) is 4.90 Å². The highest BCUT2D eigenvalue weighted by Gasteiger charge is 2.07. The van der Waals surface area contributed by atoms with E-state index in [0.717, 1.165) is 0 Å². The quantitative estimate of drug-likeness (QED) is 0.851. The Bertz CT molecular complexity index is 540. The molecule has 0 atom stereocenters. The van der Waals surface area contributed by atoms with Crippen molar-refractivity contribution in [1.29, 1.82) is 0 Å². The fourth-order valence-electron chi connectivity index (χ4n) is 1.42. The standard InChI is InChI=1S/C17H24N2O3/c1-17(2,3)11-10-15(20)18-13-6-8-14(9-7-13)22-12-16(21)19(4)5/h6-11H,12H2,1-5H3,(H,18,20)/b11-10-. The van der Waals surface area contributed by atoms with Gasteiger partial charge in [0.1, 0.15) is 5.75 Å². The Morgan fingerprint density at radius 2 is 1.77 bits per heavy atom. The number of ether oxygens (including phenoxy) is 1. The van der Waals surface area contributed by atoms with E-state index in [1.54, 1.807) is 38.4 Å². The van der Waals surface area contributed by atoms with Crippen LogP contribution in [-0.2, 0) is 9.59 Å². The molecule has 0 aliphatic rings. The molecule has 0 fully saturated rings. The highest BCUT2D eigenvalue weighted by atomic mass is 16.5. The van der Waals surface area contributed by atoms with Gasteiger partial charge in [-0.2, -0.15) is 0 Å². The van der Waals surface area contributed by atoms with E-state index < -0.39 is 0 Å². The summed E-state index contributed by atoms with van der Waals surface area (Å²) in [6, 6.07) is 6.90. The van der Waals surface area contributed by atoms with E-state index in [-0.39, 0.29) is 23.8 Å². The second-order valence-corrected chi connectivity index (χ2v) is 6.29. The summed E-state index contributed by atoms with van der Waals surface area (Å²) in [7, 11) is 3.35. The SMILES string of the molecule is CN(C)C(=O)COc1ccc(NC(=O)/C=C\C(C)(C)C)cc1. The lowest BCUT2D eigenvalue weighted by Crippen LogP contribution is -2.27. The zero-order valence-corrected chi connectivity index (χ0v) is 13.8. The number of carbonyl (C=O) groups is 2. The first-order valence-electron chi connectivity index (χ1n) is 7.10. The fraction of sp³-hybridized carbons (Fsp3) is 0.412. The molecule has 0 heterocycles. The number of hydrogen-bond acceptors (Lipinski definition) is 3. The Labute approximate surface area is 132 Å². The van der Waals surface area contributed by atoms with Crippen LogP contribution in [0.2, 0.25) is 0 Å². The van der Waals surface area contributed by atoms with Crippen LogP contribution in [0.5, 0.6) is 5.75 Å². The molecule has 0 bridgehead atoms. The van der Waals surface area contributed by atoms with E-state index in [1.165, 1.54) is 11.0 Å². The van der Waals surface area contributed by atoms with Crippen molar-refractivity contribution < 1.29 is 14.3 Å². The van der Waals surface area contributed by atoms with Gasteiger partial charge in [0.25, 0.3) is 5.91 Å². The Morgan fingerprint density at radius 3 is 2.27 bits per heavy atom. The van der Waals surface area contributed by atoms with Crippen molar-refractivity contribution >= 4 is 17.5 Å². The van der Waals surface area contributed by atoms with Crippen LogP contribution in [0.3, 0.4) is 0 Å². The molecule has 0 unspecified atom stereocenters. The summed E-state index contributed by atoms with van der Waals surface area (Å²) in [5.41, 5.74) is 0.642. The number of benzene rings is 1. The minimum atomic E-state index is -0.175. The second kappa shape index (κ2) is 7.64. The van der Waals surface area contributed by atoms with Crippen LogP contribution in [0, 0.1) is 5.41 Å². The molecule has 22 heavy (non-hydrogen) atoms. The highest BCUT2D eigenvalue weighted by molar-refractivity contribution is 5.99. The monoisotopic (exact) mass is 304 g/mol. The second-order valence-electron chi connectivity index (χ2n) is 6.29. The summed E-state index contributed by atoms with van der Waals surface area (Å²) in [5, 5.41) is 2.77. The van der Waals surface area contributed by atoms with Crippen LogP contribution in [0.1, 0.15) is 20.8 Å². The third-order valence-corrected chi connectivity index (χ3v) is 2.72. The van der Waals surface area contributed by atoms with Crippen LogP contribution < -0.4 is 10.1 Å². The Kier molecular flexibility index (Phi) is 6.16. The molecular weight excluding hydrogens is 280 g/mol. The lowest BCUT2D eigenvalue weighted by molar-refractivity contribution is -0.130. The van der Waals surface area contributed by atoms with Crippen LogP contribution >= 0.6 is 0 Å². The largest absolute Gasteiger partial charge is 0.484 e. The van der Waals surface area contributed by atoms with Crippen LogP contribution in [-0.4, -0.2) is 37.4 Å². The van der Waals surface area contributed by atoms with Gasteiger partial charge in [-0.05, 0) is 35.8 Å². The van der Waals surface area contributed by atoms with E-state index in [9.17, 15) is 9.59 Å². The van der Waals surface area contributed by atoms with Gasteiger partial charge in [-0.3, -0.25) is 9.59 Å². The minimum absolute atomic E-state index is 0.00692. The van der Waals surface area contributed by atoms with Crippen molar-refractivity contribution in [2.24, 2.45) is 5.41 Å². The average Bonchev–Trinajstić information content (AvgIpc) is 2.43. The number of allylic oxidation sites excluding steroid dienone is 1. The number of hydrogen-bond donors (Lipinski definition) is 1. The summed E-state index contributed by atoms with van der Waals surface area (Å²) in [5.74, 6) is 0.300. The fourth-order valence-corrected chi connectivity index (χ4v) is 1.42. The molecule has 2 amide bonds. The first-order chi connectivity index (χ1) is 10.2. The maximum absolute atomic E-state index is 11.8. The number of anilines is 1. The molecular formula is C17H24N2O3. The van der Waals surface area contributed by atoms with Gasteiger partial charge in [0, 0.05) is 19.8 Å². The van der Waals surface area contributed by atoms with Crippen molar-refractivity contribution in [2.45, 2.75) is 20.8 Å². The van der Waals surface area contributed by atoms with Crippen molar-refractivity contribution in [3.63, 3.8) is 0 Å². The topological polar surface area (TPSA) is 58.6 Å². The minimum Gasteiger partial charge on any atom is -0.484 e. The molecule has 0 aromatic heterocycles. The number of nitrogens with zero attached hydrogens (tertiary/aromatic N) is 1. The van der Waals surface area contributed by atoms with Gasteiger partial charge in [-0.15, -0.1) is 0 Å². The third kappa shape index (κ3) is 6.92. The van der Waals surface area contributed by atoms with Gasteiger partial charge in [0.15, 0.2) is 6.61 Å². The molecule has 1 aromatic rings. The Hall–Kier alpha value is -2.30. The molecule has 0 aliphatic carbocycles. The lowest BCUT2D eigenvalue weighted by atomic mass is 9.96. The number of amides is 2. The predicted molar refractivity (Wildman–Crippen MR) is 87.9 cm³/mol. The maximum Gasteiger partial charge on any atom is 0.259 e. The number of likely N-dealkylation sites (N-methyl/N-ethyl adjacent to an activating group) is 1. The van der Waals surface area contributed by atoms with E-state index in [0.29, 0.717) is 11.4 Å². The molecule has 1 aromatic carbocycles. The molecule has 0 radical (unpaired) electrons. The smallest absolute Gasteiger partial charge is 0.259 e. The van der Waals surface area contributed by atoms with E-state index in [1.807, 2.05) is 26.8 Å². The first kappa shape index (κ1) is 17.8. The molecule has 120 valence electrons. The van der Waals surface area contributed by atoms with Gasteiger partial charge in [-0.25, -0.2) is 0 Å². The lowest BCUT2D eigenvalue weighted by Gasteiger charge is -2.12. The highest BCUT2D eigenvalue weighted by Crippen LogP contribution is 2.17. The summed E-state index contributed by atoms with van der Waals surface area (Å²) in [6.07, 6.45) is 3.38. The van der Waals surface area contributed by atoms with Gasteiger partial charge in [0.2, 0.25) is 5.91 Å². The number of rotatable bonds is 5. The van der Waals surface area contributed by atoms with Gasteiger partial charge in [0.05, 0.1) is 0 Å². The molecule has 0 spiro atoms. The summed E-state index contributed by atoms with van der Waals surface area (Å²) >= 11 is 0. The van der Waals surface area contributed by atoms with Crippen LogP contribution in [0.15, 0.2) is 36.4 Å². The van der Waals surface area contributed by atoms with E-state index >= 15 is 0 Å². The van der Waals surface area contributed by atoms with E-state index in [2.05, 4.69) is 5.32 Å². The third-order valence-electron chi connectivity index (χ3n) is 2.72. The number of carbonyl (C=O) groups excluding carboxylic acids is 2. The number of nitrogens with one attached hydrogen (secondary N) is 1. The first-order valence-corrected chi connectivity index (χ1v) is 7.10. The van der Waals surface area contributed by atoms with Gasteiger partial charge in [-0.1, -0.05) is 26.8 Å². The van der Waals surface area contributed by atoms with Crippen molar-refractivity contribution in [2.75, 3.05) is 26.0 Å². The zero-order valence-electron chi connectivity index (χ0n) is 13.8. The summed E-state index contributed by atoms with van der Waals surface area (Å²) in [4.78, 5) is 24.6. The summed E-state index contributed by atoms with van der Waals surface area (Å²) < 4.78 is 5.36. The van der Waals surface area contributed by atoms with Crippen molar-refractivity contribution in [3.05, 3.63) is 36.4 Å². The van der Waals surface area contributed by atoms with Crippen molar-refractivity contribution in [3.8, 4) is 5.75 Å². The van der Waals surface area contributed by atoms with E-state index in [4.69, 9.17) is 4.74 Å². The maximum atomic E-state index is 11.8. The van der Waals surface area contributed by atoms with Gasteiger partial charge < -0.3 is 15.0 Å². The molecule has 0 aliphatic heterocycles. The molecule has 0 saturated carbocycles. The molecule has 5 heteroatoms. The molecule has 1 N–H and O–H groups in total. The molecule has 0 saturated heterocycles. The predicted octanol–water partition coefficient (Wildman–Crippen LogP) is 2.69. The normalized spacial score (nSPS) is 11.3. The van der Waals surface area contributed by atoms with Crippen LogP contribution in [0.25, 0.3) is 0 Å². The molecule has 1 rings (SSSR count). The van der Waals surface area contributed by atoms with Crippen LogP contribution in [0.4, 0.5) is 5.69 Å². The summed E-state index contributed by atoms with van der Waals surface area (Å²) in [6.45, 7) is 6.07. The zero-order chi connectivity index (χ0) is 16.8. The Morgan fingerprint density at radius 1 is 1.18 bits per heavy atom. The van der Waals surface area contributed by atoms with Gasteiger partial charge >= 0.3 is 0 Å².